The maximum absolute atomic E-state index is 13.3. The van der Waals surface area contributed by atoms with Gasteiger partial charge in [0.15, 0.2) is 5.82 Å². The monoisotopic (exact) mass is 424 g/mol. The molecule has 1 fully saturated rings. The van der Waals surface area contributed by atoms with Crippen molar-refractivity contribution in [3.05, 3.63) is 78.4 Å². The molecular formula is C25H24N6O. The lowest BCUT2D eigenvalue weighted by Crippen LogP contribution is -2.38. The summed E-state index contributed by atoms with van der Waals surface area (Å²) in [5.74, 6) is 1.83. The van der Waals surface area contributed by atoms with Crippen LogP contribution in [0.1, 0.15) is 34.8 Å². The van der Waals surface area contributed by atoms with Crippen molar-refractivity contribution in [2.45, 2.75) is 18.8 Å². The number of amides is 1. The minimum absolute atomic E-state index is 0.0677. The summed E-state index contributed by atoms with van der Waals surface area (Å²) in [5.41, 5.74) is 3.51. The largest absolute Gasteiger partial charge is 0.373 e. The first-order valence-electron chi connectivity index (χ1n) is 10.8. The van der Waals surface area contributed by atoms with Crippen molar-refractivity contribution in [3.63, 3.8) is 0 Å². The fraction of sp³-hybridized carbons (Fsp3) is 0.240. The van der Waals surface area contributed by atoms with Crippen molar-refractivity contribution in [2.75, 3.05) is 25.5 Å². The third-order valence-electron chi connectivity index (χ3n) is 6.02. The lowest BCUT2D eigenvalue weighted by Gasteiger charge is -2.32. The Morgan fingerprint density at radius 3 is 2.59 bits per heavy atom. The molecule has 0 aliphatic carbocycles. The van der Waals surface area contributed by atoms with E-state index in [-0.39, 0.29) is 11.8 Å². The fourth-order valence-corrected chi connectivity index (χ4v) is 4.27. The summed E-state index contributed by atoms with van der Waals surface area (Å²) in [6, 6.07) is 15.4. The highest BCUT2D eigenvalue weighted by Crippen LogP contribution is 2.31. The zero-order valence-electron chi connectivity index (χ0n) is 17.9. The highest BCUT2D eigenvalue weighted by Gasteiger charge is 2.27. The highest BCUT2D eigenvalue weighted by molar-refractivity contribution is 6.06. The smallest absolute Gasteiger partial charge is 0.254 e. The summed E-state index contributed by atoms with van der Waals surface area (Å²) < 4.78 is 0. The molecule has 4 heterocycles. The van der Waals surface area contributed by atoms with Gasteiger partial charge in [0.05, 0.1) is 5.52 Å². The molecule has 0 unspecified atom stereocenters. The zero-order chi connectivity index (χ0) is 21.9. The number of nitrogens with zero attached hydrogens (tertiary/aromatic N) is 5. The quantitative estimate of drug-likeness (QED) is 0.530. The van der Waals surface area contributed by atoms with E-state index in [1.807, 2.05) is 60.5 Å². The molecule has 1 saturated heterocycles. The van der Waals surface area contributed by atoms with Crippen LogP contribution in [0.5, 0.6) is 0 Å². The second-order valence-corrected chi connectivity index (χ2v) is 7.93. The Morgan fingerprint density at radius 1 is 1.00 bits per heavy atom. The number of piperidine rings is 1. The number of rotatable bonds is 4. The molecular weight excluding hydrogens is 400 g/mol. The summed E-state index contributed by atoms with van der Waals surface area (Å²) in [4.78, 5) is 33.1. The van der Waals surface area contributed by atoms with E-state index in [0.717, 1.165) is 40.8 Å². The lowest BCUT2D eigenvalue weighted by molar-refractivity contribution is 0.0714. The summed E-state index contributed by atoms with van der Waals surface area (Å²) in [5, 5.41) is 4.05. The molecule has 32 heavy (non-hydrogen) atoms. The second kappa shape index (κ2) is 8.70. The Kier molecular flexibility index (Phi) is 5.46. The number of anilines is 1. The summed E-state index contributed by atoms with van der Waals surface area (Å²) in [6.07, 6.45) is 6.98. The Balaban J connectivity index is 1.35. The van der Waals surface area contributed by atoms with Gasteiger partial charge in [-0.25, -0.2) is 9.97 Å². The van der Waals surface area contributed by atoms with Gasteiger partial charge in [0.25, 0.3) is 5.91 Å². The zero-order valence-corrected chi connectivity index (χ0v) is 17.9. The molecule has 4 aromatic rings. The molecule has 1 aliphatic rings. The van der Waals surface area contributed by atoms with Gasteiger partial charge in [-0.3, -0.25) is 14.8 Å². The van der Waals surface area contributed by atoms with E-state index < -0.39 is 0 Å². The van der Waals surface area contributed by atoms with Gasteiger partial charge < -0.3 is 10.2 Å². The van der Waals surface area contributed by atoms with Crippen LogP contribution >= 0.6 is 0 Å². The average molecular weight is 425 g/mol. The van der Waals surface area contributed by atoms with Crippen LogP contribution < -0.4 is 5.32 Å². The van der Waals surface area contributed by atoms with Crippen molar-refractivity contribution in [1.82, 2.24) is 24.8 Å². The number of aromatic nitrogens is 4. The van der Waals surface area contributed by atoms with Gasteiger partial charge in [-0.1, -0.05) is 12.1 Å². The van der Waals surface area contributed by atoms with Crippen LogP contribution in [0.15, 0.2) is 67.1 Å². The highest BCUT2D eigenvalue weighted by atomic mass is 16.2. The van der Waals surface area contributed by atoms with E-state index in [1.54, 1.807) is 18.6 Å². The molecule has 7 heteroatoms. The molecule has 5 rings (SSSR count). The Bertz CT molecular complexity index is 1250. The van der Waals surface area contributed by atoms with Gasteiger partial charge in [-0.2, -0.15) is 0 Å². The third-order valence-corrected chi connectivity index (χ3v) is 6.02. The lowest BCUT2D eigenvalue weighted by atomic mass is 9.92. The van der Waals surface area contributed by atoms with Gasteiger partial charge in [0.1, 0.15) is 5.82 Å². The van der Waals surface area contributed by atoms with Crippen molar-refractivity contribution < 1.29 is 4.79 Å². The maximum Gasteiger partial charge on any atom is 0.254 e. The molecule has 0 bridgehead atoms. The van der Waals surface area contributed by atoms with Gasteiger partial charge in [0.2, 0.25) is 0 Å². The molecule has 160 valence electrons. The molecule has 0 radical (unpaired) electrons. The predicted molar refractivity (Wildman–Crippen MR) is 124 cm³/mol. The number of hydrogen-bond acceptors (Lipinski definition) is 6. The normalized spacial score (nSPS) is 14.5. The van der Waals surface area contributed by atoms with E-state index in [2.05, 4.69) is 20.3 Å². The van der Waals surface area contributed by atoms with Crippen molar-refractivity contribution in [1.29, 1.82) is 0 Å². The first-order chi connectivity index (χ1) is 15.7. The third kappa shape index (κ3) is 3.89. The van der Waals surface area contributed by atoms with Crippen LogP contribution in [-0.4, -0.2) is 50.9 Å². The number of benzene rings is 1. The second-order valence-electron chi connectivity index (χ2n) is 7.93. The Labute approximate surface area is 186 Å². The topological polar surface area (TPSA) is 83.9 Å². The first kappa shape index (κ1) is 20.1. The minimum Gasteiger partial charge on any atom is -0.373 e. The number of hydrogen-bond donors (Lipinski definition) is 1. The predicted octanol–water partition coefficient (Wildman–Crippen LogP) is 4.15. The molecule has 0 saturated carbocycles. The molecule has 7 nitrogen and oxygen atoms in total. The van der Waals surface area contributed by atoms with Crippen LogP contribution in [-0.2, 0) is 0 Å². The molecule has 1 amide bonds. The van der Waals surface area contributed by atoms with E-state index in [1.165, 1.54) is 0 Å². The molecule has 1 aromatic carbocycles. The van der Waals surface area contributed by atoms with Crippen molar-refractivity contribution in [2.24, 2.45) is 0 Å². The number of likely N-dealkylation sites (tertiary alicyclic amines) is 1. The van der Waals surface area contributed by atoms with E-state index >= 15 is 0 Å². The number of carbonyl (C=O) groups excluding carboxylic acids is 1. The number of nitrogens with one attached hydrogen (secondary N) is 1. The molecule has 0 spiro atoms. The molecule has 1 aliphatic heterocycles. The number of pyridine rings is 2. The van der Waals surface area contributed by atoms with Crippen molar-refractivity contribution in [3.8, 4) is 11.4 Å². The summed E-state index contributed by atoms with van der Waals surface area (Å²) >= 11 is 0. The SMILES string of the molecule is CNc1cc(C2CCN(C(=O)c3cccc4ncccc34)CC2)nc(-c2ccncc2)n1. The van der Waals surface area contributed by atoms with Crippen LogP contribution in [0.25, 0.3) is 22.3 Å². The van der Waals surface area contributed by atoms with Crippen molar-refractivity contribution >= 4 is 22.6 Å². The molecule has 0 atom stereocenters. The van der Waals surface area contributed by atoms with Gasteiger partial charge in [-0.15, -0.1) is 0 Å². The maximum atomic E-state index is 13.3. The van der Waals surface area contributed by atoms with Gasteiger partial charge >= 0.3 is 0 Å². The Morgan fingerprint density at radius 2 is 1.81 bits per heavy atom. The summed E-state index contributed by atoms with van der Waals surface area (Å²) in [6.45, 7) is 1.40. The van der Waals surface area contributed by atoms with Crippen LogP contribution in [0.3, 0.4) is 0 Å². The molecule has 3 aromatic heterocycles. The number of carbonyl (C=O) groups is 1. The summed E-state index contributed by atoms with van der Waals surface area (Å²) in [7, 11) is 1.86. The minimum atomic E-state index is 0.0677. The first-order valence-corrected chi connectivity index (χ1v) is 10.8. The van der Waals surface area contributed by atoms with Crippen LogP contribution in [0, 0.1) is 0 Å². The van der Waals surface area contributed by atoms with Crippen LogP contribution in [0.4, 0.5) is 5.82 Å². The van der Waals surface area contributed by atoms with E-state index in [9.17, 15) is 4.79 Å². The van der Waals surface area contributed by atoms with Gasteiger partial charge in [0, 0.05) is 72.9 Å². The van der Waals surface area contributed by atoms with Crippen LogP contribution in [0.2, 0.25) is 0 Å². The van der Waals surface area contributed by atoms with Gasteiger partial charge in [-0.05, 0) is 43.2 Å². The average Bonchev–Trinajstić information content (AvgIpc) is 2.88. The van der Waals surface area contributed by atoms with E-state index in [4.69, 9.17) is 4.98 Å². The standard InChI is InChI=1S/C25H24N6O/c1-26-23-16-22(29-24(30-23)18-7-12-27-13-8-18)17-9-14-31(15-10-17)25(32)20-4-2-6-21-19(20)5-3-11-28-21/h2-8,11-13,16-17H,9-10,14-15H2,1H3,(H,26,29,30). The number of fused-ring (bicyclic) bond motifs is 1. The Hall–Kier alpha value is -3.87. The van der Waals surface area contributed by atoms with E-state index in [0.29, 0.717) is 24.5 Å². The molecule has 1 N–H and O–H groups in total. The fourth-order valence-electron chi connectivity index (χ4n) is 4.27.